The van der Waals surface area contributed by atoms with Crippen molar-refractivity contribution in [1.29, 1.82) is 0 Å². The quantitative estimate of drug-likeness (QED) is 0.146. The summed E-state index contributed by atoms with van der Waals surface area (Å²) < 4.78 is 0. The van der Waals surface area contributed by atoms with Crippen LogP contribution in [0.1, 0.15) is 127 Å². The van der Waals surface area contributed by atoms with Crippen molar-refractivity contribution in [2.24, 2.45) is 0 Å². The monoisotopic (exact) mass is 472 g/mol. The minimum Gasteiger partial charge on any atom is -0.392 e. The van der Waals surface area contributed by atoms with E-state index in [-0.39, 0.29) is 24.5 Å². The predicted octanol–water partition coefficient (Wildman–Crippen LogP) is 7.29. The Bertz CT molecular complexity index is 728. The Morgan fingerprint density at radius 2 is 1.47 bits per heavy atom. The molecule has 0 unspecified atom stereocenters. The molecule has 34 heavy (non-hydrogen) atoms. The highest BCUT2D eigenvalue weighted by Gasteiger charge is 2.12. The van der Waals surface area contributed by atoms with Crippen LogP contribution >= 0.6 is 0 Å². The number of benzene rings is 1. The van der Waals surface area contributed by atoms with Gasteiger partial charge >= 0.3 is 0 Å². The van der Waals surface area contributed by atoms with E-state index < -0.39 is 0 Å². The fourth-order valence-electron chi connectivity index (χ4n) is 3.89. The molecular formula is C29H48N2O3. The molecule has 0 saturated heterocycles. The van der Waals surface area contributed by atoms with Gasteiger partial charge in [0.05, 0.1) is 6.61 Å². The third kappa shape index (κ3) is 14.2. The average molecular weight is 473 g/mol. The molecule has 0 aromatic heterocycles. The minimum atomic E-state index is -0.188. The van der Waals surface area contributed by atoms with Crippen molar-refractivity contribution in [3.63, 3.8) is 0 Å². The van der Waals surface area contributed by atoms with Crippen LogP contribution in [0.2, 0.25) is 0 Å². The normalized spacial score (nSPS) is 11.3. The molecule has 1 aromatic carbocycles. The topological polar surface area (TPSA) is 78.4 Å². The molecule has 0 aliphatic rings. The van der Waals surface area contributed by atoms with E-state index in [9.17, 15) is 14.7 Å². The maximum Gasteiger partial charge on any atom is 0.251 e. The maximum atomic E-state index is 12.4. The van der Waals surface area contributed by atoms with E-state index in [1.165, 1.54) is 57.8 Å². The van der Waals surface area contributed by atoms with Crippen LogP contribution in [0.4, 0.5) is 5.69 Å². The molecule has 0 radical (unpaired) electrons. The van der Waals surface area contributed by atoms with Crippen molar-refractivity contribution in [2.75, 3.05) is 5.32 Å². The summed E-state index contributed by atoms with van der Waals surface area (Å²) in [6.07, 6.45) is 21.1. The number of anilines is 1. The molecule has 0 fully saturated rings. The van der Waals surface area contributed by atoms with Gasteiger partial charge < -0.3 is 15.7 Å². The molecule has 0 atom stereocenters. The zero-order chi connectivity index (χ0) is 25.0. The number of rotatable bonds is 19. The van der Waals surface area contributed by atoms with Crippen LogP contribution in [0, 0.1) is 0 Å². The largest absolute Gasteiger partial charge is 0.392 e. The Hall–Kier alpha value is -2.14. The highest BCUT2D eigenvalue weighted by Crippen LogP contribution is 2.19. The molecule has 0 saturated carbocycles. The van der Waals surface area contributed by atoms with Gasteiger partial charge in [-0.05, 0) is 58.1 Å². The van der Waals surface area contributed by atoms with Crippen molar-refractivity contribution in [3.8, 4) is 0 Å². The van der Waals surface area contributed by atoms with E-state index in [0.29, 0.717) is 23.2 Å². The number of nitrogens with one attached hydrogen (secondary N) is 2. The number of aliphatic hydroxyl groups is 1. The third-order valence-electron chi connectivity index (χ3n) is 5.90. The first-order valence-electron chi connectivity index (χ1n) is 13.5. The second kappa shape index (κ2) is 19.2. The zero-order valence-corrected chi connectivity index (χ0v) is 21.8. The molecule has 1 aromatic rings. The van der Waals surface area contributed by atoms with Gasteiger partial charge in [0.15, 0.2) is 0 Å². The second-order valence-corrected chi connectivity index (χ2v) is 9.54. The van der Waals surface area contributed by atoms with E-state index >= 15 is 0 Å². The summed E-state index contributed by atoms with van der Waals surface area (Å²) in [5.41, 5.74) is 1.60. The zero-order valence-electron chi connectivity index (χ0n) is 21.8. The SMILES string of the molecule is CCCCCCCC/C=C\CCCCCCCC(=O)Nc1cc(C(=O)NC(C)C)ccc1CO. The minimum absolute atomic E-state index is 0.0317. The lowest BCUT2D eigenvalue weighted by atomic mass is 10.1. The van der Waals surface area contributed by atoms with Crippen LogP contribution in [0.15, 0.2) is 30.4 Å². The summed E-state index contributed by atoms with van der Waals surface area (Å²) in [5.74, 6) is -0.263. The summed E-state index contributed by atoms with van der Waals surface area (Å²) >= 11 is 0. The Kier molecular flexibility index (Phi) is 16.9. The molecule has 3 N–H and O–H groups in total. The molecular weight excluding hydrogens is 424 g/mol. The van der Waals surface area contributed by atoms with Gasteiger partial charge in [-0.15, -0.1) is 0 Å². The summed E-state index contributed by atoms with van der Waals surface area (Å²) in [4.78, 5) is 24.6. The fraction of sp³-hybridized carbons (Fsp3) is 0.655. The Morgan fingerprint density at radius 3 is 2.06 bits per heavy atom. The van der Waals surface area contributed by atoms with Crippen molar-refractivity contribution >= 4 is 17.5 Å². The Labute approximate surface area is 207 Å². The van der Waals surface area contributed by atoms with Crippen molar-refractivity contribution in [3.05, 3.63) is 41.5 Å². The first-order chi connectivity index (χ1) is 16.5. The van der Waals surface area contributed by atoms with Crippen LogP contribution in [-0.4, -0.2) is 23.0 Å². The van der Waals surface area contributed by atoms with Crippen LogP contribution < -0.4 is 10.6 Å². The van der Waals surface area contributed by atoms with Gasteiger partial charge in [-0.3, -0.25) is 9.59 Å². The van der Waals surface area contributed by atoms with Gasteiger partial charge in [0.2, 0.25) is 5.91 Å². The predicted molar refractivity (Wildman–Crippen MR) is 143 cm³/mol. The van der Waals surface area contributed by atoms with Gasteiger partial charge in [-0.25, -0.2) is 0 Å². The van der Waals surface area contributed by atoms with Crippen molar-refractivity contribution in [2.45, 2.75) is 123 Å². The Morgan fingerprint density at radius 1 is 0.882 bits per heavy atom. The molecule has 0 spiro atoms. The smallest absolute Gasteiger partial charge is 0.251 e. The number of allylic oxidation sites excluding steroid dienone is 2. The maximum absolute atomic E-state index is 12.4. The first-order valence-corrected chi connectivity index (χ1v) is 13.5. The summed E-state index contributed by atoms with van der Waals surface area (Å²) in [5, 5.41) is 15.3. The lowest BCUT2D eigenvalue weighted by Gasteiger charge is -2.13. The number of hydrogen-bond acceptors (Lipinski definition) is 3. The molecule has 0 aliphatic heterocycles. The van der Waals surface area contributed by atoms with E-state index in [0.717, 1.165) is 25.7 Å². The lowest BCUT2D eigenvalue weighted by Crippen LogP contribution is -2.30. The van der Waals surface area contributed by atoms with Crippen LogP contribution in [-0.2, 0) is 11.4 Å². The molecule has 0 bridgehead atoms. The standard InChI is InChI=1S/C29H48N2O3/c1-4-5-6-7-8-9-10-11-12-13-14-15-16-17-18-19-28(33)31-27-22-25(20-21-26(27)23-32)29(34)30-24(2)3/h11-12,20-22,24,32H,4-10,13-19,23H2,1-3H3,(H,30,34)(H,31,33)/b12-11-. The van der Waals surface area contributed by atoms with E-state index in [4.69, 9.17) is 0 Å². The van der Waals surface area contributed by atoms with Gasteiger partial charge in [0, 0.05) is 29.3 Å². The van der Waals surface area contributed by atoms with Gasteiger partial charge in [0.25, 0.3) is 5.91 Å². The van der Waals surface area contributed by atoms with Crippen LogP contribution in [0.25, 0.3) is 0 Å². The molecule has 0 heterocycles. The van der Waals surface area contributed by atoms with E-state index in [1.54, 1.807) is 18.2 Å². The molecule has 1 rings (SSSR count). The number of aliphatic hydroxyl groups excluding tert-OH is 1. The number of unbranched alkanes of at least 4 members (excludes halogenated alkanes) is 11. The number of carbonyl (C=O) groups is 2. The Balaban J connectivity index is 2.18. The summed E-state index contributed by atoms with van der Waals surface area (Å²) in [6.45, 7) is 5.87. The van der Waals surface area contributed by atoms with Gasteiger partial charge in [-0.1, -0.05) is 76.5 Å². The van der Waals surface area contributed by atoms with Crippen molar-refractivity contribution < 1.29 is 14.7 Å². The molecule has 5 nitrogen and oxygen atoms in total. The van der Waals surface area contributed by atoms with E-state index in [1.807, 2.05) is 13.8 Å². The highest BCUT2D eigenvalue weighted by atomic mass is 16.3. The molecule has 0 aliphatic carbocycles. The van der Waals surface area contributed by atoms with Gasteiger partial charge in [0.1, 0.15) is 0 Å². The molecule has 2 amide bonds. The highest BCUT2D eigenvalue weighted by molar-refractivity contribution is 5.97. The van der Waals surface area contributed by atoms with E-state index in [2.05, 4.69) is 29.7 Å². The molecule has 192 valence electrons. The lowest BCUT2D eigenvalue weighted by molar-refractivity contribution is -0.116. The summed E-state index contributed by atoms with van der Waals surface area (Å²) in [6, 6.07) is 5.03. The fourth-order valence-corrected chi connectivity index (χ4v) is 3.89. The van der Waals surface area contributed by atoms with Crippen molar-refractivity contribution in [1.82, 2.24) is 5.32 Å². The molecule has 5 heteroatoms. The summed E-state index contributed by atoms with van der Waals surface area (Å²) in [7, 11) is 0. The second-order valence-electron chi connectivity index (χ2n) is 9.54. The number of amides is 2. The van der Waals surface area contributed by atoms with Gasteiger partial charge in [-0.2, -0.15) is 0 Å². The average Bonchev–Trinajstić information content (AvgIpc) is 2.81. The number of hydrogen-bond donors (Lipinski definition) is 3. The number of carbonyl (C=O) groups excluding carboxylic acids is 2. The van der Waals surface area contributed by atoms with Crippen LogP contribution in [0.3, 0.4) is 0 Å². The van der Waals surface area contributed by atoms with Crippen LogP contribution in [0.5, 0.6) is 0 Å². The third-order valence-corrected chi connectivity index (χ3v) is 5.90. The first kappa shape index (κ1) is 29.9.